The molecule has 1 aromatic carbocycles. The van der Waals surface area contributed by atoms with Gasteiger partial charge in [-0.25, -0.2) is 0 Å². The van der Waals surface area contributed by atoms with Crippen molar-refractivity contribution in [2.75, 3.05) is 0 Å². The molecule has 2 aromatic rings. The van der Waals surface area contributed by atoms with Crippen LogP contribution in [0.2, 0.25) is 10.0 Å². The number of aryl methyl sites for hydroxylation is 1. The van der Waals surface area contributed by atoms with E-state index < -0.39 is 22.9 Å². The van der Waals surface area contributed by atoms with E-state index in [4.69, 9.17) is 23.2 Å². The van der Waals surface area contributed by atoms with Gasteiger partial charge in [0.25, 0.3) is 5.56 Å². The molecule has 0 radical (unpaired) electrons. The molecule has 0 aliphatic carbocycles. The Bertz CT molecular complexity index is 769. The van der Waals surface area contributed by atoms with Crippen LogP contribution in [0.4, 0.5) is 13.2 Å². The summed E-state index contributed by atoms with van der Waals surface area (Å²) in [5, 5.41) is 4.08. The molecule has 0 atom stereocenters. The van der Waals surface area contributed by atoms with Gasteiger partial charge in [-0.3, -0.25) is 4.79 Å². The van der Waals surface area contributed by atoms with E-state index >= 15 is 0 Å². The summed E-state index contributed by atoms with van der Waals surface area (Å²) in [4.78, 5) is 12.1. The van der Waals surface area contributed by atoms with Gasteiger partial charge in [-0.05, 0) is 31.5 Å². The third kappa shape index (κ3) is 2.91. The normalized spacial score (nSPS) is 11.8. The topological polar surface area (TPSA) is 34.9 Å². The maximum absolute atomic E-state index is 12.7. The van der Waals surface area contributed by atoms with Gasteiger partial charge < -0.3 is 0 Å². The van der Waals surface area contributed by atoms with E-state index in [9.17, 15) is 18.0 Å². The molecule has 0 aliphatic heterocycles. The largest absolute Gasteiger partial charge is 0.418 e. The second-order valence-electron chi connectivity index (χ2n) is 4.45. The van der Waals surface area contributed by atoms with Crippen LogP contribution in [-0.4, -0.2) is 9.78 Å². The quantitative estimate of drug-likeness (QED) is 0.783. The summed E-state index contributed by atoms with van der Waals surface area (Å²) in [7, 11) is 0. The van der Waals surface area contributed by atoms with E-state index in [-0.39, 0.29) is 10.7 Å². The van der Waals surface area contributed by atoms with Crippen LogP contribution in [-0.2, 0) is 6.18 Å². The van der Waals surface area contributed by atoms with Gasteiger partial charge in [0.2, 0.25) is 0 Å². The van der Waals surface area contributed by atoms with Crippen molar-refractivity contribution in [1.29, 1.82) is 0 Å². The molecule has 0 unspecified atom stereocenters. The van der Waals surface area contributed by atoms with Crippen molar-refractivity contribution in [3.63, 3.8) is 0 Å². The highest BCUT2D eigenvalue weighted by atomic mass is 35.5. The summed E-state index contributed by atoms with van der Waals surface area (Å²) in [5.41, 5.74) is -1.58. The number of hydrogen-bond donors (Lipinski definition) is 0. The zero-order valence-electron chi connectivity index (χ0n) is 10.9. The first-order chi connectivity index (χ1) is 9.62. The molecule has 0 aliphatic rings. The third-order valence-electron chi connectivity index (χ3n) is 2.98. The standard InChI is InChI=1S/C13H9Cl2F3N2O/c1-6-3-11(10(15)4-9(6)14)20-12(21)7(2)8(5-19-20)13(16,17)18/h3-5H,1-2H3. The Morgan fingerprint density at radius 1 is 1.14 bits per heavy atom. The van der Waals surface area contributed by atoms with E-state index in [1.54, 1.807) is 6.92 Å². The zero-order valence-corrected chi connectivity index (χ0v) is 12.4. The predicted octanol–water partition coefficient (Wildman–Crippen LogP) is 4.17. The van der Waals surface area contributed by atoms with E-state index in [0.717, 1.165) is 11.6 Å². The molecule has 0 saturated carbocycles. The summed E-state index contributed by atoms with van der Waals surface area (Å²) >= 11 is 11.9. The Labute approximate surface area is 127 Å². The van der Waals surface area contributed by atoms with Crippen LogP contribution < -0.4 is 5.56 Å². The van der Waals surface area contributed by atoms with Crippen molar-refractivity contribution in [2.24, 2.45) is 0 Å². The van der Waals surface area contributed by atoms with Gasteiger partial charge in [0.05, 0.1) is 22.5 Å². The average molecular weight is 337 g/mol. The molecule has 1 heterocycles. The fourth-order valence-electron chi connectivity index (χ4n) is 1.80. The molecule has 112 valence electrons. The number of nitrogens with zero attached hydrogens (tertiary/aromatic N) is 2. The summed E-state index contributed by atoms with van der Waals surface area (Å²) < 4.78 is 39.0. The van der Waals surface area contributed by atoms with Gasteiger partial charge in [-0.1, -0.05) is 23.2 Å². The van der Waals surface area contributed by atoms with Crippen LogP contribution in [0.3, 0.4) is 0 Å². The Balaban J connectivity index is 2.71. The lowest BCUT2D eigenvalue weighted by Gasteiger charge is -2.13. The molecule has 0 N–H and O–H groups in total. The number of hydrogen-bond acceptors (Lipinski definition) is 2. The number of benzene rings is 1. The lowest BCUT2D eigenvalue weighted by molar-refractivity contribution is -0.138. The minimum absolute atomic E-state index is 0.124. The van der Waals surface area contributed by atoms with Gasteiger partial charge in [0, 0.05) is 10.6 Å². The molecule has 0 bridgehead atoms. The molecule has 21 heavy (non-hydrogen) atoms. The Morgan fingerprint density at radius 3 is 2.33 bits per heavy atom. The SMILES string of the molecule is Cc1cc(-n2ncc(C(F)(F)F)c(C)c2=O)c(Cl)cc1Cl. The zero-order chi connectivity index (χ0) is 15.9. The van der Waals surface area contributed by atoms with E-state index in [1.807, 2.05) is 0 Å². The summed E-state index contributed by atoms with van der Waals surface area (Å²) in [5.74, 6) is 0. The minimum Gasteiger partial charge on any atom is -0.267 e. The van der Waals surface area contributed by atoms with Gasteiger partial charge in [0.1, 0.15) is 0 Å². The van der Waals surface area contributed by atoms with Crippen molar-refractivity contribution >= 4 is 23.2 Å². The first kappa shape index (κ1) is 15.9. The highest BCUT2D eigenvalue weighted by Gasteiger charge is 2.34. The van der Waals surface area contributed by atoms with Crippen molar-refractivity contribution in [3.8, 4) is 5.69 Å². The van der Waals surface area contributed by atoms with Crippen molar-refractivity contribution in [3.05, 3.63) is 55.4 Å². The van der Waals surface area contributed by atoms with Crippen LogP contribution in [0.5, 0.6) is 0 Å². The molecule has 1 aromatic heterocycles. The number of alkyl halides is 3. The van der Waals surface area contributed by atoms with Crippen LogP contribution in [0.15, 0.2) is 23.1 Å². The van der Waals surface area contributed by atoms with Crippen LogP contribution in [0.25, 0.3) is 5.69 Å². The molecule has 0 fully saturated rings. The fourth-order valence-corrected chi connectivity index (χ4v) is 2.26. The molecule has 2 rings (SSSR count). The summed E-state index contributed by atoms with van der Waals surface area (Å²) in [6.07, 6.45) is -4.02. The Hall–Kier alpha value is -1.53. The molecule has 0 saturated heterocycles. The van der Waals surface area contributed by atoms with Gasteiger partial charge in [-0.15, -0.1) is 0 Å². The predicted molar refractivity (Wildman–Crippen MR) is 74.3 cm³/mol. The van der Waals surface area contributed by atoms with E-state index in [0.29, 0.717) is 16.8 Å². The molecule has 0 spiro atoms. The molecule has 0 amide bonds. The van der Waals surface area contributed by atoms with E-state index in [2.05, 4.69) is 5.10 Å². The lowest BCUT2D eigenvalue weighted by Crippen LogP contribution is -2.27. The Kier molecular flexibility index (Phi) is 4.04. The van der Waals surface area contributed by atoms with Gasteiger partial charge in [0.15, 0.2) is 0 Å². The van der Waals surface area contributed by atoms with Crippen molar-refractivity contribution < 1.29 is 13.2 Å². The van der Waals surface area contributed by atoms with Crippen LogP contribution in [0, 0.1) is 13.8 Å². The second-order valence-corrected chi connectivity index (χ2v) is 5.27. The van der Waals surface area contributed by atoms with E-state index in [1.165, 1.54) is 12.1 Å². The first-order valence-corrected chi connectivity index (χ1v) is 6.50. The maximum Gasteiger partial charge on any atom is 0.418 e. The monoisotopic (exact) mass is 336 g/mol. The smallest absolute Gasteiger partial charge is 0.267 e. The lowest BCUT2D eigenvalue weighted by atomic mass is 10.1. The number of rotatable bonds is 1. The van der Waals surface area contributed by atoms with Crippen LogP contribution >= 0.6 is 23.2 Å². The average Bonchev–Trinajstić information content (AvgIpc) is 2.36. The second kappa shape index (κ2) is 5.35. The molecule has 8 heteroatoms. The number of aromatic nitrogens is 2. The molecule has 3 nitrogen and oxygen atoms in total. The highest BCUT2D eigenvalue weighted by Crippen LogP contribution is 2.31. The van der Waals surface area contributed by atoms with Gasteiger partial charge in [-0.2, -0.15) is 23.0 Å². The summed E-state index contributed by atoms with van der Waals surface area (Å²) in [6.45, 7) is 2.78. The maximum atomic E-state index is 12.7. The first-order valence-electron chi connectivity index (χ1n) is 5.75. The Morgan fingerprint density at radius 2 is 1.76 bits per heavy atom. The third-order valence-corrected chi connectivity index (χ3v) is 3.69. The van der Waals surface area contributed by atoms with Crippen LogP contribution in [0.1, 0.15) is 16.7 Å². The van der Waals surface area contributed by atoms with Crippen molar-refractivity contribution in [2.45, 2.75) is 20.0 Å². The summed E-state index contributed by atoms with van der Waals surface area (Å²) in [6, 6.07) is 2.90. The number of halogens is 5. The molecular weight excluding hydrogens is 328 g/mol. The van der Waals surface area contributed by atoms with Gasteiger partial charge >= 0.3 is 6.18 Å². The minimum atomic E-state index is -4.63. The fraction of sp³-hybridized carbons (Fsp3) is 0.231. The molecular formula is C13H9Cl2F3N2O. The highest BCUT2D eigenvalue weighted by molar-refractivity contribution is 6.36. The van der Waals surface area contributed by atoms with Crippen molar-refractivity contribution in [1.82, 2.24) is 9.78 Å².